The predicted molar refractivity (Wildman–Crippen MR) is 88.4 cm³/mol. The molecule has 4 heteroatoms. The van der Waals surface area contributed by atoms with Crippen molar-refractivity contribution in [2.75, 3.05) is 11.4 Å². The summed E-state index contributed by atoms with van der Waals surface area (Å²) in [5.74, 6) is 0.957. The van der Waals surface area contributed by atoms with Crippen LogP contribution < -0.4 is 4.90 Å². The van der Waals surface area contributed by atoms with E-state index in [4.69, 9.17) is 4.98 Å². The van der Waals surface area contributed by atoms with Gasteiger partial charge in [0.1, 0.15) is 0 Å². The molecule has 1 atom stereocenters. The molecule has 0 saturated carbocycles. The number of aliphatic hydroxyl groups excluding tert-OH is 1. The van der Waals surface area contributed by atoms with Crippen LogP contribution in [0, 0.1) is 5.92 Å². The fourth-order valence-electron chi connectivity index (χ4n) is 3.01. The Balaban J connectivity index is 2.04. The van der Waals surface area contributed by atoms with Crippen LogP contribution in [0.4, 0.5) is 10.8 Å². The molecule has 1 aromatic carbocycles. The van der Waals surface area contributed by atoms with Gasteiger partial charge in [-0.25, -0.2) is 4.98 Å². The largest absolute Gasteiger partial charge is 0.391 e. The maximum absolute atomic E-state index is 9.58. The molecule has 3 rings (SSSR count). The first-order chi connectivity index (χ1) is 10.1. The highest BCUT2D eigenvalue weighted by Gasteiger charge is 2.26. The van der Waals surface area contributed by atoms with Crippen molar-refractivity contribution < 1.29 is 5.11 Å². The molecule has 1 N–H and O–H groups in total. The third kappa shape index (κ3) is 2.70. The van der Waals surface area contributed by atoms with E-state index in [-0.39, 0.29) is 6.61 Å². The van der Waals surface area contributed by atoms with Gasteiger partial charge in [-0.15, -0.1) is 0 Å². The molecule has 0 aliphatic carbocycles. The Hall–Kier alpha value is -1.39. The molecular weight excluding hydrogens is 280 g/mol. The number of aromatic nitrogens is 1. The van der Waals surface area contributed by atoms with Crippen molar-refractivity contribution in [3.05, 3.63) is 40.4 Å². The molecule has 0 spiro atoms. The Morgan fingerprint density at radius 1 is 1.38 bits per heavy atom. The molecule has 3 nitrogen and oxygen atoms in total. The Morgan fingerprint density at radius 2 is 2.14 bits per heavy atom. The number of anilines is 2. The second-order valence-electron chi connectivity index (χ2n) is 6.17. The predicted octanol–water partition coefficient (Wildman–Crippen LogP) is 4.09. The normalized spacial score (nSPS) is 18.1. The van der Waals surface area contributed by atoms with Gasteiger partial charge >= 0.3 is 0 Å². The lowest BCUT2D eigenvalue weighted by atomic mass is 9.94. The van der Waals surface area contributed by atoms with Crippen LogP contribution in [0.3, 0.4) is 0 Å². The van der Waals surface area contributed by atoms with E-state index >= 15 is 0 Å². The van der Waals surface area contributed by atoms with Crippen molar-refractivity contribution >= 4 is 22.2 Å². The summed E-state index contributed by atoms with van der Waals surface area (Å²) in [6.07, 6.45) is 1.13. The van der Waals surface area contributed by atoms with Crippen LogP contribution in [0.1, 0.15) is 42.8 Å². The van der Waals surface area contributed by atoms with Crippen molar-refractivity contribution in [1.82, 2.24) is 4.98 Å². The zero-order valence-corrected chi connectivity index (χ0v) is 13.7. The number of hydrogen-bond donors (Lipinski definition) is 1. The van der Waals surface area contributed by atoms with E-state index in [1.807, 2.05) is 0 Å². The van der Waals surface area contributed by atoms with Gasteiger partial charge < -0.3 is 10.0 Å². The van der Waals surface area contributed by atoms with E-state index < -0.39 is 0 Å². The molecule has 1 unspecified atom stereocenters. The lowest BCUT2D eigenvalue weighted by Gasteiger charge is -2.32. The molecule has 1 aliphatic heterocycles. The van der Waals surface area contributed by atoms with Gasteiger partial charge in [0.25, 0.3) is 0 Å². The standard InChI is InChI=1S/C17H22N2OS/c1-11(2)16-15(10-20)21-17(18-16)19-9-12(3)8-13-6-4-5-7-14(13)19/h4-7,11-12,20H,8-10H2,1-3H3. The zero-order valence-electron chi connectivity index (χ0n) is 12.8. The molecule has 0 bridgehead atoms. The van der Waals surface area contributed by atoms with Gasteiger partial charge in [0.2, 0.25) is 0 Å². The highest BCUT2D eigenvalue weighted by atomic mass is 32.1. The fourth-order valence-corrected chi connectivity index (χ4v) is 4.11. The quantitative estimate of drug-likeness (QED) is 0.927. The van der Waals surface area contributed by atoms with E-state index in [1.54, 1.807) is 11.3 Å². The lowest BCUT2D eigenvalue weighted by molar-refractivity contribution is 0.283. The van der Waals surface area contributed by atoms with Gasteiger partial charge in [0.15, 0.2) is 5.13 Å². The number of aliphatic hydroxyl groups is 1. The van der Waals surface area contributed by atoms with Crippen LogP contribution in [0.2, 0.25) is 0 Å². The zero-order chi connectivity index (χ0) is 15.0. The van der Waals surface area contributed by atoms with Crippen LogP contribution in [-0.2, 0) is 13.0 Å². The maximum atomic E-state index is 9.58. The average Bonchev–Trinajstić information content (AvgIpc) is 2.90. The molecule has 0 radical (unpaired) electrons. The average molecular weight is 302 g/mol. The third-order valence-corrected chi connectivity index (χ3v) is 5.06. The molecule has 112 valence electrons. The molecule has 1 aromatic heterocycles. The van der Waals surface area contributed by atoms with Gasteiger partial charge in [0, 0.05) is 12.2 Å². The lowest BCUT2D eigenvalue weighted by Crippen LogP contribution is -2.30. The van der Waals surface area contributed by atoms with Crippen molar-refractivity contribution in [2.45, 2.75) is 39.7 Å². The molecular formula is C17H22N2OS. The minimum Gasteiger partial charge on any atom is -0.391 e. The Morgan fingerprint density at radius 3 is 2.81 bits per heavy atom. The summed E-state index contributed by atoms with van der Waals surface area (Å²) in [7, 11) is 0. The summed E-state index contributed by atoms with van der Waals surface area (Å²) in [6.45, 7) is 7.62. The van der Waals surface area contributed by atoms with Crippen LogP contribution in [0.25, 0.3) is 0 Å². The van der Waals surface area contributed by atoms with E-state index in [2.05, 4.69) is 49.9 Å². The van der Waals surface area contributed by atoms with E-state index in [9.17, 15) is 5.11 Å². The summed E-state index contributed by atoms with van der Waals surface area (Å²) >= 11 is 1.62. The topological polar surface area (TPSA) is 36.4 Å². The Kier molecular flexibility index (Phi) is 4.00. The summed E-state index contributed by atoms with van der Waals surface area (Å²) in [6, 6.07) is 8.58. The van der Waals surface area contributed by atoms with Gasteiger partial charge in [0.05, 0.1) is 17.2 Å². The number of thiazole rings is 1. The molecule has 2 heterocycles. The third-order valence-electron chi connectivity index (χ3n) is 3.98. The second kappa shape index (κ2) is 5.78. The second-order valence-corrected chi connectivity index (χ2v) is 7.23. The smallest absolute Gasteiger partial charge is 0.190 e. The van der Waals surface area contributed by atoms with Gasteiger partial charge in [-0.1, -0.05) is 50.3 Å². The molecule has 21 heavy (non-hydrogen) atoms. The van der Waals surface area contributed by atoms with Gasteiger partial charge in [-0.3, -0.25) is 0 Å². The number of para-hydroxylation sites is 1. The first-order valence-electron chi connectivity index (χ1n) is 7.56. The van der Waals surface area contributed by atoms with Crippen LogP contribution in [0.5, 0.6) is 0 Å². The monoisotopic (exact) mass is 302 g/mol. The summed E-state index contributed by atoms with van der Waals surface area (Å²) in [5, 5.41) is 10.6. The van der Waals surface area contributed by atoms with E-state index in [0.717, 1.165) is 28.7 Å². The van der Waals surface area contributed by atoms with Crippen LogP contribution in [0.15, 0.2) is 24.3 Å². The van der Waals surface area contributed by atoms with Crippen molar-refractivity contribution in [2.24, 2.45) is 5.92 Å². The van der Waals surface area contributed by atoms with Gasteiger partial charge in [-0.05, 0) is 29.9 Å². The molecule has 1 aliphatic rings. The van der Waals surface area contributed by atoms with Crippen molar-refractivity contribution in [1.29, 1.82) is 0 Å². The number of fused-ring (bicyclic) bond motifs is 1. The minimum atomic E-state index is 0.0796. The highest BCUT2D eigenvalue weighted by Crippen LogP contribution is 2.39. The van der Waals surface area contributed by atoms with Crippen molar-refractivity contribution in [3.8, 4) is 0 Å². The number of rotatable bonds is 3. The molecule has 0 fully saturated rings. The van der Waals surface area contributed by atoms with E-state index in [1.165, 1.54) is 11.3 Å². The SMILES string of the molecule is CC1Cc2ccccc2N(c2nc(C(C)C)c(CO)s2)C1. The number of hydrogen-bond acceptors (Lipinski definition) is 4. The summed E-state index contributed by atoms with van der Waals surface area (Å²) in [4.78, 5) is 8.14. The number of nitrogens with zero attached hydrogens (tertiary/aromatic N) is 2. The van der Waals surface area contributed by atoms with Crippen LogP contribution in [-0.4, -0.2) is 16.6 Å². The molecule has 0 saturated heterocycles. The first-order valence-corrected chi connectivity index (χ1v) is 8.37. The van der Waals surface area contributed by atoms with E-state index in [0.29, 0.717) is 11.8 Å². The number of benzene rings is 1. The van der Waals surface area contributed by atoms with Gasteiger partial charge in [-0.2, -0.15) is 0 Å². The van der Waals surface area contributed by atoms with Crippen LogP contribution >= 0.6 is 11.3 Å². The Labute approximate surface area is 130 Å². The molecule has 0 amide bonds. The first kappa shape index (κ1) is 14.5. The summed E-state index contributed by atoms with van der Waals surface area (Å²) in [5.41, 5.74) is 3.69. The maximum Gasteiger partial charge on any atom is 0.190 e. The van der Waals surface area contributed by atoms with Crippen molar-refractivity contribution in [3.63, 3.8) is 0 Å². The highest BCUT2D eigenvalue weighted by molar-refractivity contribution is 7.15. The Bertz CT molecular complexity index is 635. The summed E-state index contributed by atoms with van der Waals surface area (Å²) < 4.78 is 0. The fraction of sp³-hybridized carbons (Fsp3) is 0.471. The molecule has 2 aromatic rings. The minimum absolute atomic E-state index is 0.0796.